The molecule has 2 aliphatic carbocycles. The Bertz CT molecular complexity index is 1750. The van der Waals surface area contributed by atoms with Gasteiger partial charge in [0.1, 0.15) is 13.2 Å². The SMILES string of the molecule is Cc1cccc(C)c1-c1cc2nc(n1)NS(=O)(=O)c1cccc(c1)C(=O)N(CC(=O)NC1CCC13CCC3)[C@H](CC(C)(C)C)CO2. The number of hydrogen-bond donors (Lipinski definition) is 2. The number of nitrogens with zero attached hydrogens (tertiary/aromatic N) is 3. The van der Waals surface area contributed by atoms with E-state index < -0.39 is 22.0 Å². The average Bonchev–Trinajstić information content (AvgIpc) is 2.94. The second-order valence-corrected chi connectivity index (χ2v) is 16.0. The van der Waals surface area contributed by atoms with Crippen LogP contribution >= 0.6 is 0 Å². The topological polar surface area (TPSA) is 131 Å². The predicted octanol–water partition coefficient (Wildman–Crippen LogP) is 5.65. The van der Waals surface area contributed by atoms with E-state index in [0.717, 1.165) is 42.4 Å². The molecule has 2 fully saturated rings. The Morgan fingerprint density at radius 1 is 1.07 bits per heavy atom. The molecule has 244 valence electrons. The second-order valence-electron chi connectivity index (χ2n) is 14.4. The van der Waals surface area contributed by atoms with Gasteiger partial charge in [-0.1, -0.05) is 51.5 Å². The fourth-order valence-electron chi connectivity index (χ4n) is 7.09. The van der Waals surface area contributed by atoms with Crippen LogP contribution in [0.2, 0.25) is 0 Å². The predicted molar refractivity (Wildman–Crippen MR) is 176 cm³/mol. The summed E-state index contributed by atoms with van der Waals surface area (Å²) in [6.45, 7) is 10.0. The first-order valence-corrected chi connectivity index (χ1v) is 17.5. The Labute approximate surface area is 271 Å². The number of sulfonamides is 1. The molecule has 0 radical (unpaired) electrons. The lowest BCUT2D eigenvalue weighted by Crippen LogP contribution is -2.60. The van der Waals surface area contributed by atoms with Crippen molar-refractivity contribution in [3.05, 3.63) is 65.2 Å². The van der Waals surface area contributed by atoms with Crippen LogP contribution in [0, 0.1) is 24.7 Å². The average molecular weight is 646 g/mol. The molecule has 3 aliphatic rings. The highest BCUT2D eigenvalue weighted by atomic mass is 32.2. The van der Waals surface area contributed by atoms with Crippen molar-refractivity contribution in [3.8, 4) is 17.1 Å². The zero-order valence-electron chi connectivity index (χ0n) is 27.2. The molecule has 1 aromatic heterocycles. The van der Waals surface area contributed by atoms with E-state index in [2.05, 4.69) is 40.8 Å². The molecule has 2 N–H and O–H groups in total. The van der Waals surface area contributed by atoms with Crippen LogP contribution in [-0.4, -0.2) is 60.3 Å². The summed E-state index contributed by atoms with van der Waals surface area (Å²) >= 11 is 0. The zero-order chi connectivity index (χ0) is 32.9. The largest absolute Gasteiger partial charge is 0.475 e. The molecule has 2 atom stereocenters. The van der Waals surface area contributed by atoms with E-state index in [0.29, 0.717) is 12.1 Å². The van der Waals surface area contributed by atoms with Gasteiger partial charge in [-0.15, -0.1) is 0 Å². The fraction of sp³-hybridized carbons (Fsp3) is 0.486. The number of ether oxygens (including phenoxy) is 1. The molecule has 2 amide bonds. The van der Waals surface area contributed by atoms with E-state index in [1.807, 2.05) is 32.0 Å². The van der Waals surface area contributed by atoms with Gasteiger partial charge < -0.3 is 15.0 Å². The molecule has 0 saturated heterocycles. The quantitative estimate of drug-likeness (QED) is 0.367. The van der Waals surface area contributed by atoms with Crippen LogP contribution < -0.4 is 14.8 Å². The van der Waals surface area contributed by atoms with E-state index in [1.54, 1.807) is 12.1 Å². The van der Waals surface area contributed by atoms with E-state index in [4.69, 9.17) is 4.74 Å². The summed E-state index contributed by atoms with van der Waals surface area (Å²) < 4.78 is 36.0. The molecule has 2 heterocycles. The molecule has 2 aromatic carbocycles. The van der Waals surface area contributed by atoms with Crippen molar-refractivity contribution < 1.29 is 22.7 Å². The Hall–Kier alpha value is -3.99. The third-order valence-electron chi connectivity index (χ3n) is 9.70. The Morgan fingerprint density at radius 3 is 2.41 bits per heavy atom. The lowest BCUT2D eigenvalue weighted by molar-refractivity contribution is -0.127. The molecule has 46 heavy (non-hydrogen) atoms. The number of carbonyl (C=O) groups is 2. The molecule has 3 aromatic rings. The molecule has 6 rings (SSSR count). The first-order valence-electron chi connectivity index (χ1n) is 16.0. The highest BCUT2D eigenvalue weighted by Gasteiger charge is 2.51. The highest BCUT2D eigenvalue weighted by Crippen LogP contribution is 2.55. The maximum absolute atomic E-state index is 14.3. The van der Waals surface area contributed by atoms with Crippen molar-refractivity contribution in [1.82, 2.24) is 20.2 Å². The van der Waals surface area contributed by atoms with Crippen molar-refractivity contribution in [1.29, 1.82) is 0 Å². The van der Waals surface area contributed by atoms with Gasteiger partial charge in [0.25, 0.3) is 15.9 Å². The highest BCUT2D eigenvalue weighted by molar-refractivity contribution is 7.92. The fourth-order valence-corrected chi connectivity index (χ4v) is 8.08. The minimum Gasteiger partial charge on any atom is -0.475 e. The maximum Gasteiger partial charge on any atom is 0.264 e. The molecule has 4 bridgehead atoms. The molecule has 11 heteroatoms. The summed E-state index contributed by atoms with van der Waals surface area (Å²) in [5, 5.41) is 3.22. The van der Waals surface area contributed by atoms with Gasteiger partial charge in [0.15, 0.2) is 0 Å². The molecule has 1 aliphatic heterocycles. The summed E-state index contributed by atoms with van der Waals surface area (Å²) in [6, 6.07) is 13.0. The summed E-state index contributed by atoms with van der Waals surface area (Å²) in [6.07, 6.45) is 6.03. The van der Waals surface area contributed by atoms with Crippen LogP contribution in [0.25, 0.3) is 11.3 Å². The van der Waals surface area contributed by atoms with E-state index in [1.165, 1.54) is 29.5 Å². The second kappa shape index (κ2) is 12.0. The number of rotatable bonds is 5. The number of aryl methyl sites for hydroxylation is 2. The number of nitrogens with one attached hydrogen (secondary N) is 2. The van der Waals surface area contributed by atoms with Crippen molar-refractivity contribution in [2.45, 2.75) is 90.1 Å². The summed E-state index contributed by atoms with van der Waals surface area (Å²) in [7, 11) is -4.19. The van der Waals surface area contributed by atoms with Crippen LogP contribution in [0.1, 0.15) is 80.8 Å². The van der Waals surface area contributed by atoms with Crippen LogP contribution in [0.4, 0.5) is 5.95 Å². The number of hydrogen-bond acceptors (Lipinski definition) is 7. The van der Waals surface area contributed by atoms with Gasteiger partial charge in [-0.25, -0.2) is 18.1 Å². The van der Waals surface area contributed by atoms with Crippen LogP contribution in [0.5, 0.6) is 5.88 Å². The number of aromatic nitrogens is 2. The summed E-state index contributed by atoms with van der Waals surface area (Å²) in [5.74, 6) is -0.640. The molecule has 1 spiro atoms. The third-order valence-corrected chi connectivity index (χ3v) is 11.0. The minimum absolute atomic E-state index is 0.0404. The van der Waals surface area contributed by atoms with Gasteiger partial charge in [0, 0.05) is 23.2 Å². The van der Waals surface area contributed by atoms with E-state index in [-0.39, 0.29) is 58.2 Å². The van der Waals surface area contributed by atoms with Crippen molar-refractivity contribution in [3.63, 3.8) is 0 Å². The summed E-state index contributed by atoms with van der Waals surface area (Å²) in [4.78, 5) is 38.3. The number of carbonyl (C=O) groups excluding carboxylic acids is 2. The number of fused-ring (bicyclic) bond motifs is 4. The van der Waals surface area contributed by atoms with Crippen LogP contribution in [-0.2, 0) is 14.8 Å². The lowest BCUT2D eigenvalue weighted by Gasteiger charge is -2.56. The van der Waals surface area contributed by atoms with Gasteiger partial charge in [-0.3, -0.25) is 9.59 Å². The monoisotopic (exact) mass is 645 g/mol. The van der Waals surface area contributed by atoms with Crippen molar-refractivity contribution >= 4 is 27.8 Å². The molecule has 1 unspecified atom stereocenters. The Balaban J connectivity index is 1.42. The van der Waals surface area contributed by atoms with Gasteiger partial charge in [-0.2, -0.15) is 4.98 Å². The van der Waals surface area contributed by atoms with Crippen LogP contribution in [0.15, 0.2) is 53.4 Å². The molecule has 10 nitrogen and oxygen atoms in total. The lowest BCUT2D eigenvalue weighted by atomic mass is 9.53. The summed E-state index contributed by atoms with van der Waals surface area (Å²) in [5.41, 5.74) is 3.43. The van der Waals surface area contributed by atoms with Crippen molar-refractivity contribution in [2.75, 3.05) is 17.9 Å². The number of anilines is 1. The van der Waals surface area contributed by atoms with Gasteiger partial charge in [0.2, 0.25) is 17.7 Å². The molecular weight excluding hydrogens is 602 g/mol. The van der Waals surface area contributed by atoms with Crippen molar-refractivity contribution in [2.24, 2.45) is 10.8 Å². The normalized spacial score (nSPS) is 21.8. The Kier molecular flexibility index (Phi) is 8.33. The van der Waals surface area contributed by atoms with Crippen LogP contribution in [0.3, 0.4) is 0 Å². The standard InChI is InChI=1S/C35H43N5O5S/c1-22-9-6-10-23(2)31(22)27-18-30-38-33(36-27)39-46(43,44)26-12-7-11-24(17-26)32(42)40(25(21-45-30)19-34(3,4)5)20-29(41)37-28-13-16-35(28)14-8-15-35/h6-7,9-12,17-18,25,28H,8,13-16,19-21H2,1-5H3,(H,37,41)(H,36,38,39)/t25-,28?/m1/s1. The van der Waals surface area contributed by atoms with Gasteiger partial charge in [-0.05, 0) is 86.1 Å². The van der Waals surface area contributed by atoms with E-state index in [9.17, 15) is 18.0 Å². The zero-order valence-corrected chi connectivity index (χ0v) is 28.0. The third kappa shape index (κ3) is 6.47. The first kappa shape index (κ1) is 32.0. The molecular formula is C35H43N5O5S. The first-order chi connectivity index (χ1) is 21.7. The number of benzene rings is 2. The van der Waals surface area contributed by atoms with E-state index >= 15 is 0 Å². The van der Waals surface area contributed by atoms with Gasteiger partial charge >= 0.3 is 0 Å². The minimum atomic E-state index is -4.19. The smallest absolute Gasteiger partial charge is 0.264 e. The maximum atomic E-state index is 14.3. The van der Waals surface area contributed by atoms with Gasteiger partial charge in [0.05, 0.1) is 16.6 Å². The Morgan fingerprint density at radius 2 is 1.78 bits per heavy atom. The number of amides is 2. The molecule has 2 saturated carbocycles.